The minimum absolute atomic E-state index is 0. The summed E-state index contributed by atoms with van der Waals surface area (Å²) in [5, 5.41) is 8.77. The molecule has 2 nitrogen and oxygen atoms in total. The van der Waals surface area contributed by atoms with Crippen molar-refractivity contribution in [3.8, 4) is 0 Å². The maximum Gasteiger partial charge on any atom is 0.0132 e. The van der Waals surface area contributed by atoms with E-state index in [0.717, 1.165) is 50.4 Å². The van der Waals surface area contributed by atoms with Crippen molar-refractivity contribution in [3.05, 3.63) is 81.7 Å². The van der Waals surface area contributed by atoms with Crippen molar-refractivity contribution in [1.29, 1.82) is 0 Å². The molecule has 2 fully saturated rings. The Morgan fingerprint density at radius 3 is 1.96 bits per heavy atom. The van der Waals surface area contributed by atoms with E-state index in [2.05, 4.69) is 22.8 Å². The minimum Gasteiger partial charge on any atom is -0.657 e. The quantitative estimate of drug-likeness (QED) is 0.369. The van der Waals surface area contributed by atoms with E-state index in [1.165, 1.54) is 31.0 Å². The van der Waals surface area contributed by atoms with Gasteiger partial charge in [-0.25, -0.2) is 0 Å². The van der Waals surface area contributed by atoms with Gasteiger partial charge in [0.05, 0.1) is 0 Å². The molecule has 2 unspecified atom stereocenters. The largest absolute Gasteiger partial charge is 0.657 e. The van der Waals surface area contributed by atoms with Gasteiger partial charge in [-0.3, -0.25) is 13.2 Å². The van der Waals surface area contributed by atoms with Crippen LogP contribution in [0.5, 0.6) is 0 Å². The van der Waals surface area contributed by atoms with Crippen molar-refractivity contribution in [2.24, 2.45) is 0 Å². The Labute approximate surface area is 178 Å². The van der Waals surface area contributed by atoms with E-state index < -0.39 is 11.6 Å². The first kappa shape index (κ1) is 23.1. The van der Waals surface area contributed by atoms with Gasteiger partial charge < -0.3 is 10.6 Å². The number of benzene rings is 2. The maximum atomic E-state index is 13.3. The van der Waals surface area contributed by atoms with Crippen molar-refractivity contribution in [2.75, 3.05) is 13.1 Å². The first-order chi connectivity index (χ1) is 13.1. The molecular formula is C22H23F3IrN2-4. The second-order valence-electron chi connectivity index (χ2n) is 6.88. The maximum absolute atomic E-state index is 13.3. The van der Waals surface area contributed by atoms with Gasteiger partial charge in [0, 0.05) is 37.6 Å². The second kappa shape index (κ2) is 11.7. The molecule has 0 amide bonds. The van der Waals surface area contributed by atoms with Crippen molar-refractivity contribution >= 4 is 0 Å². The van der Waals surface area contributed by atoms with Gasteiger partial charge in [0.2, 0.25) is 0 Å². The molecule has 28 heavy (non-hydrogen) atoms. The molecule has 2 aliphatic rings. The minimum atomic E-state index is -0.581. The summed E-state index contributed by atoms with van der Waals surface area (Å²) in [4.78, 5) is 0. The average Bonchev–Trinajstić information content (AvgIpc) is 2.70. The normalized spacial score (nSPS) is 21.8. The molecule has 0 spiro atoms. The summed E-state index contributed by atoms with van der Waals surface area (Å²) in [5.41, 5.74) is 1.44. The van der Waals surface area contributed by atoms with Crippen LogP contribution in [0, 0.1) is 29.6 Å². The van der Waals surface area contributed by atoms with Crippen LogP contribution >= 0.6 is 0 Å². The van der Waals surface area contributed by atoms with Crippen molar-refractivity contribution in [3.63, 3.8) is 0 Å². The molecule has 0 aromatic heterocycles. The zero-order valence-electron chi connectivity index (χ0n) is 15.6. The fraction of sp³-hybridized carbons (Fsp3) is 0.455. The zero-order valence-corrected chi connectivity index (χ0v) is 18.0. The topological polar surface area (TPSA) is 28.2 Å². The molecule has 2 heterocycles. The molecule has 2 aromatic carbocycles. The fourth-order valence-corrected chi connectivity index (χ4v) is 3.40. The standard InChI is InChI=1S/C11H11F2N.C11H12FN.Ir/c12-8-4-5-9(10(13)7-8)11-3-1-2-6-14-11;12-10-6-4-9(5-7-10)11-3-1-2-8-13-11;/h4,7,11H,1-3,6H2;4,6-7,11H,1-3,8H2;/q2*-2;. The van der Waals surface area contributed by atoms with Crippen LogP contribution in [-0.2, 0) is 20.1 Å². The molecule has 155 valence electrons. The Morgan fingerprint density at radius 2 is 1.43 bits per heavy atom. The molecule has 2 aromatic rings. The summed E-state index contributed by atoms with van der Waals surface area (Å²) in [6, 6.07) is 12.4. The first-order valence-corrected chi connectivity index (χ1v) is 9.50. The first-order valence-electron chi connectivity index (χ1n) is 9.50. The van der Waals surface area contributed by atoms with E-state index in [0.29, 0.717) is 5.56 Å². The smallest absolute Gasteiger partial charge is 0.0132 e. The molecule has 6 heteroatoms. The molecule has 1 radical (unpaired) electrons. The Bertz CT molecular complexity index is 712. The Balaban J connectivity index is 0.000000194. The van der Waals surface area contributed by atoms with Gasteiger partial charge in [-0.05, 0) is 0 Å². The molecular weight excluding hydrogens is 541 g/mol. The van der Waals surface area contributed by atoms with Crippen LogP contribution in [0.15, 0.2) is 30.3 Å². The van der Waals surface area contributed by atoms with Gasteiger partial charge in [-0.1, -0.05) is 38.5 Å². The van der Waals surface area contributed by atoms with Crippen LogP contribution in [0.2, 0.25) is 0 Å². The van der Waals surface area contributed by atoms with E-state index in [4.69, 9.17) is 0 Å². The number of rotatable bonds is 2. The van der Waals surface area contributed by atoms with Gasteiger partial charge in [-0.15, -0.1) is 55.0 Å². The number of nitrogens with zero attached hydrogens (tertiary/aromatic N) is 2. The summed E-state index contributed by atoms with van der Waals surface area (Å²) in [7, 11) is 0. The van der Waals surface area contributed by atoms with E-state index in [-0.39, 0.29) is 38.0 Å². The zero-order chi connectivity index (χ0) is 19.1. The van der Waals surface area contributed by atoms with Crippen LogP contribution in [0.3, 0.4) is 0 Å². The van der Waals surface area contributed by atoms with E-state index >= 15 is 0 Å². The molecule has 2 aliphatic heterocycles. The molecule has 2 atom stereocenters. The SMILES string of the molecule is Fc1c[c-]c(C2CCCC[N-]2)c(F)c1.Fc1c[c-]c(C2CCCC[N-]2)cc1.[Ir]. The van der Waals surface area contributed by atoms with Gasteiger partial charge in [-0.2, -0.15) is 23.8 Å². The van der Waals surface area contributed by atoms with Crippen LogP contribution in [-0.4, -0.2) is 13.1 Å². The van der Waals surface area contributed by atoms with E-state index in [1.54, 1.807) is 6.07 Å². The van der Waals surface area contributed by atoms with Gasteiger partial charge in [0.25, 0.3) is 0 Å². The third-order valence-corrected chi connectivity index (χ3v) is 4.85. The third kappa shape index (κ3) is 6.70. The predicted octanol–water partition coefficient (Wildman–Crippen LogP) is 6.59. The predicted molar refractivity (Wildman–Crippen MR) is 100 cm³/mol. The third-order valence-electron chi connectivity index (χ3n) is 4.85. The molecule has 0 bridgehead atoms. The fourth-order valence-electron chi connectivity index (χ4n) is 3.40. The monoisotopic (exact) mass is 565 g/mol. The van der Waals surface area contributed by atoms with Crippen LogP contribution in [0.1, 0.15) is 61.7 Å². The average molecular weight is 565 g/mol. The van der Waals surface area contributed by atoms with Gasteiger partial charge >= 0.3 is 0 Å². The summed E-state index contributed by atoms with van der Waals surface area (Å²) < 4.78 is 38.5. The van der Waals surface area contributed by atoms with Crippen LogP contribution < -0.4 is 0 Å². The number of hydrogen-bond acceptors (Lipinski definition) is 0. The number of halogens is 3. The molecule has 2 saturated heterocycles. The van der Waals surface area contributed by atoms with E-state index in [1.807, 2.05) is 0 Å². The van der Waals surface area contributed by atoms with Crippen LogP contribution in [0.4, 0.5) is 13.2 Å². The molecule has 4 rings (SSSR count). The van der Waals surface area contributed by atoms with Crippen molar-refractivity contribution < 1.29 is 33.3 Å². The van der Waals surface area contributed by atoms with Crippen molar-refractivity contribution in [1.82, 2.24) is 0 Å². The number of hydrogen-bond donors (Lipinski definition) is 0. The summed E-state index contributed by atoms with van der Waals surface area (Å²) in [5.74, 6) is -1.33. The Kier molecular flexibility index (Phi) is 9.66. The summed E-state index contributed by atoms with van der Waals surface area (Å²) in [6.45, 7) is 1.71. The Morgan fingerprint density at radius 1 is 0.786 bits per heavy atom. The number of piperidine rings is 2. The van der Waals surface area contributed by atoms with Crippen molar-refractivity contribution in [2.45, 2.75) is 50.6 Å². The molecule has 0 aliphatic carbocycles. The van der Waals surface area contributed by atoms with Gasteiger partial charge in [0.1, 0.15) is 0 Å². The second-order valence-corrected chi connectivity index (χ2v) is 6.88. The van der Waals surface area contributed by atoms with Crippen LogP contribution in [0.25, 0.3) is 10.6 Å². The molecule has 0 saturated carbocycles. The van der Waals surface area contributed by atoms with Gasteiger partial charge in [0.15, 0.2) is 0 Å². The summed E-state index contributed by atoms with van der Waals surface area (Å²) >= 11 is 0. The summed E-state index contributed by atoms with van der Waals surface area (Å²) in [6.07, 6.45) is 6.47. The van der Waals surface area contributed by atoms with E-state index in [9.17, 15) is 13.2 Å². The Hall–Kier alpha value is -1.20. The molecule has 0 N–H and O–H groups in total.